The van der Waals surface area contributed by atoms with Crippen LogP contribution in [-0.4, -0.2) is 97.0 Å². The Labute approximate surface area is 262 Å². The van der Waals surface area contributed by atoms with E-state index in [0.29, 0.717) is 11.1 Å². The van der Waals surface area contributed by atoms with E-state index < -0.39 is 84.8 Å². The van der Waals surface area contributed by atoms with E-state index in [1.54, 1.807) is 60.7 Å². The minimum absolute atomic E-state index is 0.0142. The molecular formula is C31H37N5O10. The highest BCUT2D eigenvalue weighted by atomic mass is 16.6. The van der Waals surface area contributed by atoms with Gasteiger partial charge in [0.25, 0.3) is 5.56 Å². The Morgan fingerprint density at radius 1 is 0.870 bits per heavy atom. The zero-order valence-electron chi connectivity index (χ0n) is 24.9. The molecule has 1 fully saturated rings. The van der Waals surface area contributed by atoms with E-state index in [2.05, 4.69) is 20.9 Å². The van der Waals surface area contributed by atoms with Crippen LogP contribution in [0.2, 0.25) is 0 Å². The van der Waals surface area contributed by atoms with E-state index in [4.69, 9.17) is 4.74 Å². The molecule has 1 aromatic heterocycles. The summed E-state index contributed by atoms with van der Waals surface area (Å²) < 4.78 is 6.13. The first-order valence-electron chi connectivity index (χ1n) is 14.6. The van der Waals surface area contributed by atoms with Crippen LogP contribution >= 0.6 is 0 Å². The molecule has 1 aliphatic rings. The van der Waals surface area contributed by atoms with Gasteiger partial charge < -0.3 is 41.1 Å². The normalized spacial score (nSPS) is 22.3. The van der Waals surface area contributed by atoms with Gasteiger partial charge in [-0.25, -0.2) is 4.79 Å². The third-order valence-electron chi connectivity index (χ3n) is 7.56. The van der Waals surface area contributed by atoms with E-state index in [0.717, 1.165) is 4.57 Å². The lowest BCUT2D eigenvalue weighted by atomic mass is 9.96. The molecule has 0 saturated carbocycles. The van der Waals surface area contributed by atoms with Crippen LogP contribution in [-0.2, 0) is 38.5 Å². The van der Waals surface area contributed by atoms with Crippen LogP contribution in [0, 0.1) is 6.92 Å². The molecule has 4 unspecified atom stereocenters. The predicted molar refractivity (Wildman–Crippen MR) is 162 cm³/mol. The molecule has 0 aliphatic carbocycles. The van der Waals surface area contributed by atoms with Crippen molar-refractivity contribution in [3.8, 4) is 0 Å². The molecule has 2 aromatic carbocycles. The van der Waals surface area contributed by atoms with Crippen LogP contribution in [0.1, 0.15) is 16.7 Å². The highest BCUT2D eigenvalue weighted by Crippen LogP contribution is 2.20. The molecule has 1 aliphatic heterocycles. The quantitative estimate of drug-likeness (QED) is 0.102. The van der Waals surface area contributed by atoms with Crippen molar-refractivity contribution in [2.24, 2.45) is 0 Å². The molecule has 3 amide bonds. The maximum absolute atomic E-state index is 13.7. The van der Waals surface area contributed by atoms with Crippen molar-refractivity contribution >= 4 is 17.7 Å². The van der Waals surface area contributed by atoms with E-state index in [1.807, 2.05) is 0 Å². The second-order valence-corrected chi connectivity index (χ2v) is 11.0. The van der Waals surface area contributed by atoms with Crippen LogP contribution in [0.4, 0.5) is 0 Å². The number of nitrogens with one attached hydrogen (secondary N) is 4. The Balaban J connectivity index is 1.56. The summed E-state index contributed by atoms with van der Waals surface area (Å²) >= 11 is 0. The van der Waals surface area contributed by atoms with Gasteiger partial charge in [0, 0.05) is 24.6 Å². The van der Waals surface area contributed by atoms with Crippen molar-refractivity contribution in [2.45, 2.75) is 69.0 Å². The number of carbonyl (C=O) groups is 3. The Morgan fingerprint density at radius 2 is 1.43 bits per heavy atom. The number of aromatic nitrogens is 2. The van der Waals surface area contributed by atoms with Crippen molar-refractivity contribution in [3.05, 3.63) is 104 Å². The predicted octanol–water partition coefficient (Wildman–Crippen LogP) is -2.78. The number of nitrogens with zero attached hydrogens (tertiary/aromatic N) is 1. The largest absolute Gasteiger partial charge is 0.394 e. The Bertz CT molecular complexity index is 1610. The number of amides is 3. The minimum atomic E-state index is -1.78. The smallest absolute Gasteiger partial charge is 0.328 e. The number of rotatable bonds is 12. The van der Waals surface area contributed by atoms with Crippen LogP contribution in [0.25, 0.3) is 0 Å². The number of benzene rings is 2. The van der Waals surface area contributed by atoms with Crippen molar-refractivity contribution in [2.75, 3.05) is 6.61 Å². The lowest BCUT2D eigenvalue weighted by Gasteiger charge is -2.40. The molecule has 0 spiro atoms. The number of H-pyrrole nitrogens is 1. The van der Waals surface area contributed by atoms with Crippen molar-refractivity contribution in [1.29, 1.82) is 0 Å². The number of carbonyl (C=O) groups excluding carboxylic acids is 3. The summed E-state index contributed by atoms with van der Waals surface area (Å²) in [4.78, 5) is 66.4. The van der Waals surface area contributed by atoms with Crippen LogP contribution in [0.3, 0.4) is 0 Å². The fourth-order valence-corrected chi connectivity index (χ4v) is 5.04. The van der Waals surface area contributed by atoms with Gasteiger partial charge in [-0.05, 0) is 18.1 Å². The summed E-state index contributed by atoms with van der Waals surface area (Å²) in [6, 6.07) is 13.4. The molecule has 0 bridgehead atoms. The zero-order valence-corrected chi connectivity index (χ0v) is 24.9. The highest BCUT2D eigenvalue weighted by Gasteiger charge is 2.45. The zero-order chi connectivity index (χ0) is 33.4. The molecule has 2 heterocycles. The van der Waals surface area contributed by atoms with E-state index in [1.165, 1.54) is 13.1 Å². The number of hydrogen-bond acceptors (Lipinski definition) is 10. The summed E-state index contributed by atoms with van der Waals surface area (Å²) in [6.45, 7) is 0.282. The van der Waals surface area contributed by atoms with Gasteiger partial charge in [0.1, 0.15) is 43.0 Å². The van der Waals surface area contributed by atoms with Crippen LogP contribution < -0.4 is 27.2 Å². The number of aliphatic hydroxyl groups is 4. The maximum Gasteiger partial charge on any atom is 0.328 e. The molecule has 7 atom stereocenters. The second-order valence-electron chi connectivity index (χ2n) is 11.0. The molecule has 4 rings (SSSR count). The van der Waals surface area contributed by atoms with Crippen molar-refractivity contribution < 1.29 is 39.5 Å². The summed E-state index contributed by atoms with van der Waals surface area (Å²) in [5.41, 5.74) is 0.149. The monoisotopic (exact) mass is 639 g/mol. The lowest BCUT2D eigenvalue weighted by Crippen LogP contribution is -2.66. The summed E-state index contributed by atoms with van der Waals surface area (Å²) in [5.74, 6) is -2.30. The third kappa shape index (κ3) is 8.74. The van der Waals surface area contributed by atoms with Gasteiger partial charge in [-0.3, -0.25) is 28.7 Å². The number of aliphatic hydroxyl groups excluding tert-OH is 4. The molecule has 3 aromatic rings. The number of aryl methyl sites for hydroxylation is 1. The lowest BCUT2D eigenvalue weighted by molar-refractivity contribution is -0.254. The van der Waals surface area contributed by atoms with E-state index >= 15 is 0 Å². The third-order valence-corrected chi connectivity index (χ3v) is 7.56. The Morgan fingerprint density at radius 3 is 2.00 bits per heavy atom. The van der Waals surface area contributed by atoms with Gasteiger partial charge in [0.2, 0.25) is 17.7 Å². The minimum Gasteiger partial charge on any atom is -0.394 e. The number of hydrogen-bond donors (Lipinski definition) is 8. The van der Waals surface area contributed by atoms with E-state index in [-0.39, 0.29) is 18.4 Å². The van der Waals surface area contributed by atoms with Gasteiger partial charge in [0.15, 0.2) is 6.29 Å². The fraction of sp³-hybridized carbons (Fsp3) is 0.387. The summed E-state index contributed by atoms with van der Waals surface area (Å²) in [5, 5.41) is 48.2. The molecule has 246 valence electrons. The Hall–Kier alpha value is -4.67. The highest BCUT2D eigenvalue weighted by molar-refractivity contribution is 5.92. The van der Waals surface area contributed by atoms with Gasteiger partial charge in [-0.1, -0.05) is 60.7 Å². The van der Waals surface area contributed by atoms with Gasteiger partial charge in [-0.15, -0.1) is 0 Å². The van der Waals surface area contributed by atoms with Crippen molar-refractivity contribution in [1.82, 2.24) is 25.5 Å². The molecular weight excluding hydrogens is 602 g/mol. The molecule has 0 radical (unpaired) electrons. The standard InChI is InChI=1S/C31H37N5O10/c1-17-14-36(31(45)35-27(17)41)15-23(38)32-20(12-18-8-4-2-5-9-18)28(42)33-21(13-19-10-6-3-7-11-19)29(43)34-24-26(40)25(39)22(16-37)46-30(24)44/h2-11,14,20-22,24-26,30,37,39-40,44H,12-13,15-16H2,1H3,(H,32,38)(H,33,42)(H,34,43)(H,35,41,45)/t20?,21?,22-,24?,25?,26-,30-/m1/s1. The second kappa shape index (κ2) is 15.6. The SMILES string of the molecule is Cc1cn(CC(=O)NC(Cc2ccccc2)C(=O)NC(Cc2ccccc2)C(=O)NC2[C@@H](O)C(O)[C@@H](CO)O[C@H]2O)c(=O)[nH]c1=O. The molecule has 15 nitrogen and oxygen atoms in total. The Kier molecular flexibility index (Phi) is 11.6. The summed E-state index contributed by atoms with van der Waals surface area (Å²) in [6.07, 6.45) is -5.18. The van der Waals surface area contributed by atoms with Crippen LogP contribution in [0.5, 0.6) is 0 Å². The first-order chi connectivity index (χ1) is 22.0. The molecule has 8 N–H and O–H groups in total. The first-order valence-corrected chi connectivity index (χ1v) is 14.6. The van der Waals surface area contributed by atoms with Gasteiger partial charge >= 0.3 is 5.69 Å². The van der Waals surface area contributed by atoms with Crippen molar-refractivity contribution in [3.63, 3.8) is 0 Å². The first kappa shape index (κ1) is 34.2. The van der Waals surface area contributed by atoms with Crippen LogP contribution in [0.15, 0.2) is 76.4 Å². The number of aromatic amines is 1. The van der Waals surface area contributed by atoms with E-state index in [9.17, 15) is 44.4 Å². The average molecular weight is 640 g/mol. The average Bonchev–Trinajstić information content (AvgIpc) is 3.03. The molecule has 1 saturated heterocycles. The fourth-order valence-electron chi connectivity index (χ4n) is 5.04. The summed E-state index contributed by atoms with van der Waals surface area (Å²) in [7, 11) is 0. The molecule has 46 heavy (non-hydrogen) atoms. The maximum atomic E-state index is 13.7. The van der Waals surface area contributed by atoms with Gasteiger partial charge in [0.05, 0.1) is 6.61 Å². The topological polar surface area (TPSA) is 232 Å². The number of ether oxygens (including phenoxy) is 1. The van der Waals surface area contributed by atoms with Gasteiger partial charge in [-0.2, -0.15) is 0 Å². The molecule has 15 heteroatoms.